The summed E-state index contributed by atoms with van der Waals surface area (Å²) >= 11 is 13.4. The Balaban J connectivity index is 1.69. The monoisotopic (exact) mass is 434 g/mol. The number of rotatable bonds is 6. The Kier molecular flexibility index (Phi) is 6.65. The Morgan fingerprint density at radius 3 is 2.68 bits per heavy atom. The van der Waals surface area contributed by atoms with E-state index in [-0.39, 0.29) is 11.7 Å². The van der Waals surface area contributed by atoms with E-state index >= 15 is 0 Å². The van der Waals surface area contributed by atoms with E-state index in [0.717, 1.165) is 28.8 Å². The van der Waals surface area contributed by atoms with Crippen LogP contribution in [0.3, 0.4) is 0 Å². The lowest BCUT2D eigenvalue weighted by Gasteiger charge is -2.12. The number of nitrogens with zero attached hydrogens (tertiary/aromatic N) is 3. The van der Waals surface area contributed by atoms with Gasteiger partial charge in [-0.3, -0.25) is 4.79 Å². The molecule has 0 aliphatic carbocycles. The second-order valence-corrected chi connectivity index (χ2v) is 8.05. The highest BCUT2D eigenvalue weighted by Gasteiger charge is 2.15. The predicted octanol–water partition coefficient (Wildman–Crippen LogP) is 5.39. The fourth-order valence-corrected chi connectivity index (χ4v) is 3.84. The van der Waals surface area contributed by atoms with E-state index < -0.39 is 0 Å². The molecular formula is C20H20Cl2N4OS. The van der Waals surface area contributed by atoms with Crippen LogP contribution in [-0.4, -0.2) is 26.4 Å². The number of carbonyl (C=O) groups is 1. The number of hydrogen-bond donors (Lipinski definition) is 1. The highest BCUT2D eigenvalue weighted by atomic mass is 35.5. The van der Waals surface area contributed by atoms with Crippen LogP contribution >= 0.6 is 35.0 Å². The van der Waals surface area contributed by atoms with Crippen LogP contribution in [0.5, 0.6) is 0 Å². The van der Waals surface area contributed by atoms with Crippen LogP contribution in [0, 0.1) is 6.92 Å². The predicted molar refractivity (Wildman–Crippen MR) is 116 cm³/mol. The van der Waals surface area contributed by atoms with Crippen molar-refractivity contribution in [1.29, 1.82) is 0 Å². The molecule has 5 nitrogen and oxygen atoms in total. The van der Waals surface area contributed by atoms with Gasteiger partial charge >= 0.3 is 0 Å². The first-order valence-corrected chi connectivity index (χ1v) is 10.5. The molecule has 0 bridgehead atoms. The molecule has 1 heterocycles. The Bertz CT molecular complexity index is 1020. The van der Waals surface area contributed by atoms with Gasteiger partial charge < -0.3 is 9.88 Å². The molecular weight excluding hydrogens is 415 g/mol. The third-order valence-corrected chi connectivity index (χ3v) is 6.11. The molecule has 8 heteroatoms. The smallest absolute Gasteiger partial charge is 0.234 e. The van der Waals surface area contributed by atoms with E-state index in [2.05, 4.69) is 22.4 Å². The van der Waals surface area contributed by atoms with Crippen LogP contribution in [-0.2, 0) is 18.3 Å². The van der Waals surface area contributed by atoms with Gasteiger partial charge in [-0.15, -0.1) is 10.2 Å². The quantitative estimate of drug-likeness (QED) is 0.528. The number of hydrogen-bond acceptors (Lipinski definition) is 4. The summed E-state index contributed by atoms with van der Waals surface area (Å²) in [6.07, 6.45) is 0.862. The third-order valence-electron chi connectivity index (χ3n) is 4.35. The Morgan fingerprint density at radius 2 is 1.96 bits per heavy atom. The number of thioether (sulfide) groups is 1. The van der Waals surface area contributed by atoms with E-state index in [1.807, 2.05) is 42.8 Å². The number of nitrogens with one attached hydrogen (secondary N) is 1. The number of amides is 1. The maximum atomic E-state index is 12.5. The molecule has 0 saturated carbocycles. The first kappa shape index (κ1) is 20.7. The molecule has 0 fully saturated rings. The highest BCUT2D eigenvalue weighted by Crippen LogP contribution is 2.29. The summed E-state index contributed by atoms with van der Waals surface area (Å²) in [5.74, 6) is 0.826. The summed E-state index contributed by atoms with van der Waals surface area (Å²) in [4.78, 5) is 12.5. The van der Waals surface area contributed by atoms with Crippen molar-refractivity contribution in [3.8, 4) is 11.4 Å². The van der Waals surface area contributed by atoms with Crippen molar-refractivity contribution >= 4 is 46.6 Å². The van der Waals surface area contributed by atoms with Gasteiger partial charge in [0, 0.05) is 18.3 Å². The normalized spacial score (nSPS) is 10.9. The highest BCUT2D eigenvalue weighted by molar-refractivity contribution is 7.99. The molecule has 0 spiro atoms. The Labute approximate surface area is 178 Å². The lowest BCUT2D eigenvalue weighted by molar-refractivity contribution is -0.113. The van der Waals surface area contributed by atoms with E-state index in [9.17, 15) is 4.79 Å². The van der Waals surface area contributed by atoms with Crippen molar-refractivity contribution in [3.05, 3.63) is 57.6 Å². The fourth-order valence-electron chi connectivity index (χ4n) is 2.83. The average Bonchev–Trinajstić information content (AvgIpc) is 3.04. The third kappa shape index (κ3) is 4.51. The zero-order valence-corrected chi connectivity index (χ0v) is 18.1. The molecule has 3 aromatic rings. The minimum Gasteiger partial charge on any atom is -0.325 e. The molecule has 28 heavy (non-hydrogen) atoms. The fraction of sp³-hybridized carbons (Fsp3) is 0.250. The van der Waals surface area contributed by atoms with Crippen LogP contribution in [0.15, 0.2) is 41.6 Å². The van der Waals surface area contributed by atoms with Crippen LogP contribution < -0.4 is 5.32 Å². The van der Waals surface area contributed by atoms with Crippen molar-refractivity contribution < 1.29 is 4.79 Å². The molecule has 3 rings (SSSR count). The number of halogens is 2. The summed E-state index contributed by atoms with van der Waals surface area (Å²) in [5, 5.41) is 13.0. The maximum absolute atomic E-state index is 12.5. The van der Waals surface area contributed by atoms with Gasteiger partial charge in [0.15, 0.2) is 11.0 Å². The van der Waals surface area contributed by atoms with E-state index in [1.54, 1.807) is 12.1 Å². The van der Waals surface area contributed by atoms with Gasteiger partial charge in [-0.1, -0.05) is 60.1 Å². The van der Waals surface area contributed by atoms with Crippen molar-refractivity contribution in [2.45, 2.75) is 25.4 Å². The number of aryl methyl sites for hydroxylation is 2. The number of anilines is 1. The minimum atomic E-state index is -0.0758. The van der Waals surface area contributed by atoms with Gasteiger partial charge in [0.25, 0.3) is 0 Å². The maximum Gasteiger partial charge on any atom is 0.234 e. The van der Waals surface area contributed by atoms with Gasteiger partial charge in [-0.25, -0.2) is 0 Å². The van der Waals surface area contributed by atoms with Gasteiger partial charge in [-0.05, 0) is 42.7 Å². The molecule has 0 atom stereocenters. The summed E-state index contributed by atoms with van der Waals surface area (Å²) in [7, 11) is 1.86. The molecule has 0 radical (unpaired) electrons. The second-order valence-electron chi connectivity index (χ2n) is 6.29. The standard InChI is InChI=1S/C20H20Cl2N4OS/c1-4-13-7-5-6-12(2)18(13)23-17(27)11-28-20-25-24-19(26(20)3)14-8-9-15(21)16(22)10-14/h5-10H,4,11H2,1-3H3,(H,23,27). The average molecular weight is 435 g/mol. The van der Waals surface area contributed by atoms with Crippen LogP contribution in [0.25, 0.3) is 11.4 Å². The molecule has 0 aliphatic rings. The van der Waals surface area contributed by atoms with E-state index in [1.165, 1.54) is 11.8 Å². The minimum absolute atomic E-state index is 0.0758. The van der Waals surface area contributed by atoms with Crippen molar-refractivity contribution in [1.82, 2.24) is 14.8 Å². The number of carbonyl (C=O) groups excluding carboxylic acids is 1. The summed E-state index contributed by atoms with van der Waals surface area (Å²) < 4.78 is 1.84. The summed E-state index contributed by atoms with van der Waals surface area (Å²) in [6.45, 7) is 4.07. The number of aromatic nitrogens is 3. The topological polar surface area (TPSA) is 59.8 Å². The molecule has 1 N–H and O–H groups in total. The summed E-state index contributed by atoms with van der Waals surface area (Å²) in [5.41, 5.74) is 3.88. The van der Waals surface area contributed by atoms with Crippen molar-refractivity contribution in [2.75, 3.05) is 11.1 Å². The van der Waals surface area contributed by atoms with Gasteiger partial charge in [0.1, 0.15) is 0 Å². The lowest BCUT2D eigenvalue weighted by Crippen LogP contribution is -2.16. The lowest BCUT2D eigenvalue weighted by atomic mass is 10.1. The Hall–Kier alpha value is -2.02. The molecule has 0 aliphatic heterocycles. The first-order valence-electron chi connectivity index (χ1n) is 8.76. The first-order chi connectivity index (χ1) is 13.4. The zero-order chi connectivity index (χ0) is 20.3. The number of para-hydroxylation sites is 1. The second kappa shape index (κ2) is 8.99. The van der Waals surface area contributed by atoms with E-state index in [4.69, 9.17) is 23.2 Å². The SMILES string of the molecule is CCc1cccc(C)c1NC(=O)CSc1nnc(-c2ccc(Cl)c(Cl)c2)n1C. The summed E-state index contributed by atoms with van der Waals surface area (Å²) in [6, 6.07) is 11.3. The number of benzene rings is 2. The molecule has 1 aromatic heterocycles. The van der Waals surface area contributed by atoms with Crippen molar-refractivity contribution in [3.63, 3.8) is 0 Å². The van der Waals surface area contributed by atoms with E-state index in [0.29, 0.717) is 21.0 Å². The van der Waals surface area contributed by atoms with Gasteiger partial charge in [0.2, 0.25) is 5.91 Å². The molecule has 0 unspecified atom stereocenters. The van der Waals surface area contributed by atoms with Crippen LogP contribution in [0.2, 0.25) is 10.0 Å². The molecule has 1 amide bonds. The van der Waals surface area contributed by atoms with Crippen LogP contribution in [0.4, 0.5) is 5.69 Å². The molecule has 0 saturated heterocycles. The molecule has 146 valence electrons. The zero-order valence-electron chi connectivity index (χ0n) is 15.8. The largest absolute Gasteiger partial charge is 0.325 e. The van der Waals surface area contributed by atoms with Gasteiger partial charge in [-0.2, -0.15) is 0 Å². The molecule has 2 aromatic carbocycles. The Morgan fingerprint density at radius 1 is 1.18 bits per heavy atom. The van der Waals surface area contributed by atoms with Crippen LogP contribution in [0.1, 0.15) is 18.1 Å². The van der Waals surface area contributed by atoms with Gasteiger partial charge in [0.05, 0.1) is 15.8 Å². The van der Waals surface area contributed by atoms with Crippen molar-refractivity contribution in [2.24, 2.45) is 7.05 Å².